The molecule has 5 heteroatoms. The Morgan fingerprint density at radius 2 is 1.70 bits per heavy atom. The second-order valence-electron chi connectivity index (χ2n) is 10.4. The fourth-order valence-corrected chi connectivity index (χ4v) is 4.21. The molecule has 1 N–H and O–H groups in total. The van der Waals surface area contributed by atoms with E-state index in [4.69, 9.17) is 4.74 Å². The van der Waals surface area contributed by atoms with Crippen molar-refractivity contribution in [3.63, 3.8) is 0 Å². The third-order valence-corrected chi connectivity index (χ3v) is 6.44. The van der Waals surface area contributed by atoms with Crippen LogP contribution in [0.15, 0.2) is 48.5 Å². The Bertz CT molecular complexity index is 882. The molecular formula is C28H41N3O2. The van der Waals surface area contributed by atoms with Crippen LogP contribution in [0.5, 0.6) is 5.75 Å². The number of carbonyl (C=O) groups excluding carboxylic acids is 1. The van der Waals surface area contributed by atoms with E-state index in [1.807, 2.05) is 17.0 Å². The maximum absolute atomic E-state index is 13.6. The summed E-state index contributed by atoms with van der Waals surface area (Å²) in [7, 11) is 2.15. The normalized spacial score (nSPS) is 15.5. The fraction of sp³-hybridized carbons (Fsp3) is 0.536. The first-order valence-electron chi connectivity index (χ1n) is 12.2. The number of hydrogen-bond donors (Lipinski definition) is 1. The van der Waals surface area contributed by atoms with Crippen LogP contribution in [-0.2, 0) is 12.1 Å². The van der Waals surface area contributed by atoms with Gasteiger partial charge >= 0.3 is 6.03 Å². The smallest absolute Gasteiger partial charge is 0.318 e. The minimum absolute atomic E-state index is 0.00439. The van der Waals surface area contributed by atoms with Gasteiger partial charge in [-0.1, -0.05) is 55.8 Å². The van der Waals surface area contributed by atoms with Gasteiger partial charge in [0.05, 0.1) is 12.1 Å². The predicted molar refractivity (Wildman–Crippen MR) is 136 cm³/mol. The molecule has 1 saturated heterocycles. The fourth-order valence-electron chi connectivity index (χ4n) is 4.21. The van der Waals surface area contributed by atoms with Crippen LogP contribution in [0, 0.1) is 12.8 Å². The van der Waals surface area contributed by atoms with Gasteiger partial charge in [-0.15, -0.1) is 0 Å². The van der Waals surface area contributed by atoms with E-state index in [9.17, 15) is 4.79 Å². The number of benzene rings is 2. The summed E-state index contributed by atoms with van der Waals surface area (Å²) in [6.07, 6.45) is 2.00. The number of rotatable bonds is 8. The van der Waals surface area contributed by atoms with Crippen molar-refractivity contribution < 1.29 is 9.53 Å². The Balaban J connectivity index is 1.73. The highest BCUT2D eigenvalue weighted by Crippen LogP contribution is 2.25. The average molecular weight is 452 g/mol. The van der Waals surface area contributed by atoms with E-state index in [1.54, 1.807) is 0 Å². The molecule has 0 bridgehead atoms. The molecule has 1 fully saturated rings. The molecule has 2 amide bonds. The summed E-state index contributed by atoms with van der Waals surface area (Å²) in [5.41, 5.74) is 2.96. The topological polar surface area (TPSA) is 44.8 Å². The number of aryl methyl sites for hydroxylation is 1. The van der Waals surface area contributed by atoms with Gasteiger partial charge in [0.15, 0.2) is 0 Å². The molecule has 0 atom stereocenters. The van der Waals surface area contributed by atoms with Crippen LogP contribution in [-0.4, -0.2) is 48.6 Å². The van der Waals surface area contributed by atoms with E-state index in [0.717, 1.165) is 37.2 Å². The Hall–Kier alpha value is -2.53. The molecule has 0 aliphatic carbocycles. The SMILES string of the molecule is Cc1ccc(CN(C(=O)NC(C)(C)c2ccc(OCC(C)C)cc2)C2CCN(C)CC2)cc1. The molecule has 2 aromatic carbocycles. The van der Waals surface area contributed by atoms with Gasteiger partial charge in [0.25, 0.3) is 0 Å². The molecular weight excluding hydrogens is 410 g/mol. The van der Waals surface area contributed by atoms with Crippen molar-refractivity contribution in [2.24, 2.45) is 5.92 Å². The molecule has 33 heavy (non-hydrogen) atoms. The zero-order valence-electron chi connectivity index (χ0n) is 21.2. The van der Waals surface area contributed by atoms with E-state index < -0.39 is 5.54 Å². The van der Waals surface area contributed by atoms with Crippen molar-refractivity contribution in [3.8, 4) is 5.75 Å². The lowest BCUT2D eigenvalue weighted by molar-refractivity contribution is 0.121. The van der Waals surface area contributed by atoms with Crippen LogP contribution in [0.3, 0.4) is 0 Å². The number of urea groups is 1. The van der Waals surface area contributed by atoms with Crippen molar-refractivity contribution in [3.05, 3.63) is 65.2 Å². The van der Waals surface area contributed by atoms with Crippen molar-refractivity contribution in [2.45, 2.75) is 65.6 Å². The van der Waals surface area contributed by atoms with Gasteiger partial charge in [-0.25, -0.2) is 4.79 Å². The van der Waals surface area contributed by atoms with Gasteiger partial charge in [-0.05, 0) is 82.9 Å². The molecule has 1 aliphatic heterocycles. The van der Waals surface area contributed by atoms with Gasteiger partial charge in [-0.3, -0.25) is 0 Å². The summed E-state index contributed by atoms with van der Waals surface area (Å²) in [5.74, 6) is 1.35. The van der Waals surface area contributed by atoms with E-state index in [0.29, 0.717) is 19.1 Å². The Kier molecular flexibility index (Phi) is 8.41. The Morgan fingerprint density at radius 1 is 1.09 bits per heavy atom. The molecule has 3 rings (SSSR count). The minimum atomic E-state index is -0.495. The molecule has 1 heterocycles. The molecule has 0 aromatic heterocycles. The van der Waals surface area contributed by atoms with Gasteiger partial charge in [0, 0.05) is 12.6 Å². The van der Waals surface area contributed by atoms with E-state index >= 15 is 0 Å². The molecule has 0 unspecified atom stereocenters. The largest absolute Gasteiger partial charge is 0.493 e. The summed E-state index contributed by atoms with van der Waals surface area (Å²) >= 11 is 0. The third-order valence-electron chi connectivity index (χ3n) is 6.44. The van der Waals surface area contributed by atoms with Crippen molar-refractivity contribution in [1.82, 2.24) is 15.1 Å². The average Bonchev–Trinajstić information content (AvgIpc) is 2.78. The number of likely N-dealkylation sites (tertiary alicyclic amines) is 1. The predicted octanol–water partition coefficient (Wildman–Crippen LogP) is 5.57. The number of carbonyl (C=O) groups is 1. The first-order valence-corrected chi connectivity index (χ1v) is 12.2. The quantitative estimate of drug-likeness (QED) is 0.571. The minimum Gasteiger partial charge on any atom is -0.493 e. The van der Waals surface area contributed by atoms with Crippen molar-refractivity contribution in [2.75, 3.05) is 26.7 Å². The zero-order chi connectivity index (χ0) is 24.0. The van der Waals surface area contributed by atoms with Gasteiger partial charge in [-0.2, -0.15) is 0 Å². The Labute approximate surface area is 200 Å². The highest BCUT2D eigenvalue weighted by molar-refractivity contribution is 5.75. The van der Waals surface area contributed by atoms with Gasteiger partial charge in [0.1, 0.15) is 5.75 Å². The van der Waals surface area contributed by atoms with Crippen LogP contribution in [0.1, 0.15) is 57.2 Å². The lowest BCUT2D eigenvalue weighted by Crippen LogP contribution is -2.53. The van der Waals surface area contributed by atoms with E-state index in [-0.39, 0.29) is 12.1 Å². The zero-order valence-corrected chi connectivity index (χ0v) is 21.2. The summed E-state index contributed by atoms with van der Waals surface area (Å²) < 4.78 is 5.82. The second kappa shape index (κ2) is 11.1. The summed E-state index contributed by atoms with van der Waals surface area (Å²) in [6.45, 7) is 13.9. The summed E-state index contributed by atoms with van der Waals surface area (Å²) in [6, 6.07) is 16.8. The van der Waals surface area contributed by atoms with E-state index in [1.165, 1.54) is 11.1 Å². The summed E-state index contributed by atoms with van der Waals surface area (Å²) in [4.78, 5) is 18.0. The van der Waals surface area contributed by atoms with Gasteiger partial charge < -0.3 is 19.9 Å². The highest BCUT2D eigenvalue weighted by Gasteiger charge is 2.31. The van der Waals surface area contributed by atoms with Crippen molar-refractivity contribution in [1.29, 1.82) is 0 Å². The van der Waals surface area contributed by atoms with Crippen molar-refractivity contribution >= 4 is 6.03 Å². The molecule has 0 spiro atoms. The monoisotopic (exact) mass is 451 g/mol. The van der Waals surface area contributed by atoms with Crippen LogP contribution >= 0.6 is 0 Å². The lowest BCUT2D eigenvalue weighted by Gasteiger charge is -2.39. The number of nitrogens with one attached hydrogen (secondary N) is 1. The molecule has 2 aromatic rings. The standard InChI is InChI=1S/C28H41N3O2/c1-21(2)20-33-26-13-11-24(12-14-26)28(4,5)29-27(32)31(25-15-17-30(6)18-16-25)19-23-9-7-22(3)8-10-23/h7-14,21,25H,15-20H2,1-6H3,(H,29,32). The third kappa shape index (κ3) is 7.23. The molecule has 180 valence electrons. The maximum atomic E-state index is 13.6. The second-order valence-corrected chi connectivity index (χ2v) is 10.4. The molecule has 5 nitrogen and oxygen atoms in total. The summed E-state index contributed by atoms with van der Waals surface area (Å²) in [5, 5.41) is 3.32. The number of nitrogens with zero attached hydrogens (tertiary/aromatic N) is 2. The molecule has 0 saturated carbocycles. The number of hydrogen-bond acceptors (Lipinski definition) is 3. The lowest BCUT2D eigenvalue weighted by atomic mass is 9.94. The van der Waals surface area contributed by atoms with Crippen LogP contribution in [0.2, 0.25) is 0 Å². The highest BCUT2D eigenvalue weighted by atomic mass is 16.5. The maximum Gasteiger partial charge on any atom is 0.318 e. The van der Waals surface area contributed by atoms with Gasteiger partial charge in [0.2, 0.25) is 0 Å². The number of ether oxygens (including phenoxy) is 1. The van der Waals surface area contributed by atoms with Crippen LogP contribution in [0.25, 0.3) is 0 Å². The molecule has 1 aliphatic rings. The van der Waals surface area contributed by atoms with Crippen LogP contribution in [0.4, 0.5) is 4.79 Å². The first-order chi connectivity index (χ1) is 15.6. The number of piperidine rings is 1. The van der Waals surface area contributed by atoms with E-state index in [2.05, 4.69) is 88.3 Å². The van der Waals surface area contributed by atoms with Crippen LogP contribution < -0.4 is 10.1 Å². The first kappa shape index (κ1) is 25.1. The number of amides is 2. The molecule has 0 radical (unpaired) electrons. The Morgan fingerprint density at radius 3 is 2.27 bits per heavy atom.